The molecule has 2 aliphatic rings. The molecule has 2 fully saturated rings. The quantitative estimate of drug-likeness (QED) is 0.678. The van der Waals surface area contributed by atoms with Crippen LogP contribution in [0.2, 0.25) is 0 Å². The third-order valence-corrected chi connectivity index (χ3v) is 5.81. The molecule has 23 heavy (non-hydrogen) atoms. The monoisotopic (exact) mass is 332 g/mol. The number of hydrogen-bond acceptors (Lipinski definition) is 3. The van der Waals surface area contributed by atoms with E-state index in [0.29, 0.717) is 12.0 Å². The van der Waals surface area contributed by atoms with Crippen molar-refractivity contribution in [1.29, 1.82) is 0 Å². The molecule has 0 bridgehead atoms. The zero-order valence-electron chi connectivity index (χ0n) is 14.0. The van der Waals surface area contributed by atoms with E-state index in [1.54, 1.807) is 0 Å². The summed E-state index contributed by atoms with van der Waals surface area (Å²) in [6.07, 6.45) is 1.22. The van der Waals surface area contributed by atoms with Gasteiger partial charge in [-0.3, -0.25) is 9.89 Å². The van der Waals surface area contributed by atoms with Gasteiger partial charge in [0.05, 0.1) is 0 Å². The van der Waals surface area contributed by atoms with Crippen LogP contribution in [0, 0.1) is 5.92 Å². The van der Waals surface area contributed by atoms with Crippen LogP contribution in [0.4, 0.5) is 0 Å². The molecule has 2 N–H and O–H groups in total. The zero-order valence-corrected chi connectivity index (χ0v) is 14.8. The molecule has 2 heterocycles. The Hall–Kier alpha value is -1.20. The van der Waals surface area contributed by atoms with Crippen LogP contribution >= 0.6 is 11.8 Å². The fraction of sp³-hybridized carbons (Fsp3) is 0.611. The van der Waals surface area contributed by atoms with E-state index in [1.165, 1.54) is 23.5 Å². The molecule has 2 aliphatic heterocycles. The van der Waals surface area contributed by atoms with Crippen LogP contribution in [0.15, 0.2) is 35.3 Å². The van der Waals surface area contributed by atoms with Gasteiger partial charge in [-0.05, 0) is 24.8 Å². The van der Waals surface area contributed by atoms with E-state index >= 15 is 0 Å². The second-order valence-corrected chi connectivity index (χ2v) is 7.89. The summed E-state index contributed by atoms with van der Waals surface area (Å²) in [5.74, 6) is 3.72. The molecule has 0 aliphatic carbocycles. The Balaban J connectivity index is 1.50. The van der Waals surface area contributed by atoms with E-state index in [0.717, 1.165) is 38.7 Å². The molecule has 1 aromatic rings. The van der Waals surface area contributed by atoms with Gasteiger partial charge in [0.1, 0.15) is 0 Å². The summed E-state index contributed by atoms with van der Waals surface area (Å²) < 4.78 is 0. The minimum atomic E-state index is 0.628. The van der Waals surface area contributed by atoms with E-state index in [-0.39, 0.29) is 0 Å². The normalized spacial score (nSPS) is 26.7. The molecule has 0 radical (unpaired) electrons. The lowest BCUT2D eigenvalue weighted by Gasteiger charge is -2.27. The lowest BCUT2D eigenvalue weighted by atomic mass is 10.1. The molecule has 2 unspecified atom stereocenters. The van der Waals surface area contributed by atoms with E-state index in [2.05, 4.69) is 47.1 Å². The minimum absolute atomic E-state index is 0.628. The van der Waals surface area contributed by atoms with Crippen molar-refractivity contribution in [1.82, 2.24) is 9.80 Å². The maximum Gasteiger partial charge on any atom is 0.191 e. The lowest BCUT2D eigenvalue weighted by molar-refractivity contribution is 0.256. The largest absolute Gasteiger partial charge is 0.370 e. The van der Waals surface area contributed by atoms with Gasteiger partial charge in [0.15, 0.2) is 5.96 Å². The van der Waals surface area contributed by atoms with Crippen LogP contribution < -0.4 is 5.73 Å². The van der Waals surface area contributed by atoms with Crippen molar-refractivity contribution in [3.63, 3.8) is 0 Å². The molecule has 4 nitrogen and oxygen atoms in total. The highest BCUT2D eigenvalue weighted by molar-refractivity contribution is 7.99. The number of likely N-dealkylation sites (tertiary alicyclic amines) is 1. The number of rotatable bonds is 4. The first kappa shape index (κ1) is 16.7. The number of hydrogen-bond donors (Lipinski definition) is 1. The Bertz CT molecular complexity index is 513. The highest BCUT2D eigenvalue weighted by atomic mass is 32.2. The second kappa shape index (κ2) is 8.06. The van der Waals surface area contributed by atoms with Gasteiger partial charge in [0.2, 0.25) is 0 Å². The molecule has 2 atom stereocenters. The number of nitrogens with zero attached hydrogens (tertiary/aromatic N) is 3. The Kier molecular flexibility index (Phi) is 5.84. The Morgan fingerprint density at radius 2 is 2.00 bits per heavy atom. The summed E-state index contributed by atoms with van der Waals surface area (Å²) >= 11 is 2.00. The SMILES string of the molecule is CC1CC(CN=C(N)N2CCSCC2)CN1Cc1ccccc1. The van der Waals surface area contributed by atoms with Crippen molar-refractivity contribution in [2.45, 2.75) is 25.9 Å². The number of aliphatic imine (C=N–C) groups is 1. The molecule has 5 heteroatoms. The molecular weight excluding hydrogens is 304 g/mol. The summed E-state index contributed by atoms with van der Waals surface area (Å²) in [5.41, 5.74) is 7.57. The Morgan fingerprint density at radius 3 is 2.74 bits per heavy atom. The van der Waals surface area contributed by atoms with Gasteiger partial charge in [0, 0.05) is 50.3 Å². The Morgan fingerprint density at radius 1 is 1.26 bits per heavy atom. The number of nitrogens with two attached hydrogens (primary N) is 1. The van der Waals surface area contributed by atoms with Crippen molar-refractivity contribution in [2.24, 2.45) is 16.6 Å². The predicted molar refractivity (Wildman–Crippen MR) is 99.8 cm³/mol. The summed E-state index contributed by atoms with van der Waals surface area (Å²) in [6, 6.07) is 11.4. The van der Waals surface area contributed by atoms with Crippen LogP contribution in [0.3, 0.4) is 0 Å². The van der Waals surface area contributed by atoms with Gasteiger partial charge in [-0.15, -0.1) is 0 Å². The average Bonchev–Trinajstić information content (AvgIpc) is 2.94. The first-order chi connectivity index (χ1) is 11.2. The molecule has 0 amide bonds. The van der Waals surface area contributed by atoms with Crippen molar-refractivity contribution in [3.05, 3.63) is 35.9 Å². The fourth-order valence-electron chi connectivity index (χ4n) is 3.50. The van der Waals surface area contributed by atoms with Gasteiger partial charge in [-0.1, -0.05) is 30.3 Å². The van der Waals surface area contributed by atoms with E-state index in [9.17, 15) is 0 Å². The zero-order chi connectivity index (χ0) is 16.1. The molecule has 2 saturated heterocycles. The number of guanidine groups is 1. The molecule has 0 saturated carbocycles. The topological polar surface area (TPSA) is 44.9 Å². The van der Waals surface area contributed by atoms with Gasteiger partial charge in [-0.25, -0.2) is 0 Å². The maximum absolute atomic E-state index is 6.17. The van der Waals surface area contributed by atoms with Crippen LogP contribution in [0.25, 0.3) is 0 Å². The summed E-state index contributed by atoms with van der Waals surface area (Å²) in [5, 5.41) is 0. The highest BCUT2D eigenvalue weighted by Crippen LogP contribution is 2.25. The van der Waals surface area contributed by atoms with Crippen molar-refractivity contribution in [3.8, 4) is 0 Å². The van der Waals surface area contributed by atoms with Gasteiger partial charge in [-0.2, -0.15) is 11.8 Å². The molecule has 0 aromatic heterocycles. The standard InChI is InChI=1S/C18H28N4S/c1-15-11-17(12-20-18(19)21-7-9-23-10-8-21)14-22(15)13-16-5-3-2-4-6-16/h2-6,15,17H,7-14H2,1H3,(H2,19,20). The van der Waals surface area contributed by atoms with Crippen LogP contribution in [-0.4, -0.2) is 59.5 Å². The maximum atomic E-state index is 6.17. The third-order valence-electron chi connectivity index (χ3n) is 4.87. The summed E-state index contributed by atoms with van der Waals surface area (Å²) in [4.78, 5) is 9.50. The average molecular weight is 333 g/mol. The smallest absolute Gasteiger partial charge is 0.191 e. The van der Waals surface area contributed by atoms with Crippen LogP contribution in [0.5, 0.6) is 0 Å². The summed E-state index contributed by atoms with van der Waals surface area (Å²) in [6.45, 7) is 7.45. The third kappa shape index (κ3) is 4.64. The van der Waals surface area contributed by atoms with Gasteiger partial charge >= 0.3 is 0 Å². The van der Waals surface area contributed by atoms with Gasteiger partial charge in [0.25, 0.3) is 0 Å². The Labute approximate surface area is 144 Å². The molecule has 1 aromatic carbocycles. The first-order valence-electron chi connectivity index (χ1n) is 8.63. The van der Waals surface area contributed by atoms with Crippen molar-refractivity contribution < 1.29 is 0 Å². The fourth-order valence-corrected chi connectivity index (χ4v) is 4.41. The lowest BCUT2D eigenvalue weighted by Crippen LogP contribution is -2.43. The molecular formula is C18H28N4S. The van der Waals surface area contributed by atoms with E-state index < -0.39 is 0 Å². The molecule has 0 spiro atoms. The number of benzene rings is 1. The predicted octanol–water partition coefficient (Wildman–Crippen LogP) is 2.26. The van der Waals surface area contributed by atoms with Gasteiger partial charge < -0.3 is 10.6 Å². The second-order valence-electron chi connectivity index (χ2n) is 6.66. The van der Waals surface area contributed by atoms with Crippen molar-refractivity contribution >= 4 is 17.7 Å². The summed E-state index contributed by atoms with van der Waals surface area (Å²) in [7, 11) is 0. The van der Waals surface area contributed by atoms with Crippen molar-refractivity contribution in [2.75, 3.05) is 37.7 Å². The molecule has 3 rings (SSSR count). The first-order valence-corrected chi connectivity index (χ1v) is 9.78. The van der Waals surface area contributed by atoms with E-state index in [1.807, 2.05) is 11.8 Å². The number of thioether (sulfide) groups is 1. The van der Waals surface area contributed by atoms with Crippen LogP contribution in [0.1, 0.15) is 18.9 Å². The molecule has 126 valence electrons. The highest BCUT2D eigenvalue weighted by Gasteiger charge is 2.28. The minimum Gasteiger partial charge on any atom is -0.370 e. The van der Waals surface area contributed by atoms with E-state index in [4.69, 9.17) is 10.7 Å². The van der Waals surface area contributed by atoms with Crippen LogP contribution in [-0.2, 0) is 6.54 Å².